The van der Waals surface area contributed by atoms with E-state index in [2.05, 4.69) is 0 Å². The number of sulfone groups is 1. The van der Waals surface area contributed by atoms with E-state index in [1.807, 2.05) is 0 Å². The third-order valence-electron chi connectivity index (χ3n) is 1.94. The highest BCUT2D eigenvalue weighted by molar-refractivity contribution is 7.91. The molecule has 0 aliphatic carbocycles. The molecular formula is C9H7ClF2O4S. The molecular weight excluding hydrogens is 278 g/mol. The van der Waals surface area contributed by atoms with Gasteiger partial charge in [0.1, 0.15) is 12.5 Å². The van der Waals surface area contributed by atoms with Gasteiger partial charge < -0.3 is 5.11 Å². The first-order valence-electron chi connectivity index (χ1n) is 4.30. The number of carboxylic acids is 1. The third-order valence-corrected chi connectivity index (χ3v) is 3.97. The van der Waals surface area contributed by atoms with E-state index in [0.717, 1.165) is 0 Å². The molecule has 1 aromatic carbocycles. The summed E-state index contributed by atoms with van der Waals surface area (Å²) in [5.74, 6) is -3.58. The zero-order valence-electron chi connectivity index (χ0n) is 8.28. The molecule has 94 valence electrons. The Morgan fingerprint density at radius 3 is 2.47 bits per heavy atom. The minimum atomic E-state index is -4.04. The van der Waals surface area contributed by atoms with Crippen molar-refractivity contribution in [1.82, 2.24) is 0 Å². The van der Waals surface area contributed by atoms with Gasteiger partial charge in [0.15, 0.2) is 9.84 Å². The average Bonchev–Trinajstić information content (AvgIpc) is 2.21. The molecule has 1 rings (SSSR count). The number of hydrogen-bond acceptors (Lipinski definition) is 3. The summed E-state index contributed by atoms with van der Waals surface area (Å²) in [7, 11) is -4.04. The molecule has 0 atom stereocenters. The molecule has 0 amide bonds. The molecule has 0 unspecified atom stereocenters. The molecule has 0 aliphatic heterocycles. The van der Waals surface area contributed by atoms with Crippen molar-refractivity contribution >= 4 is 27.4 Å². The van der Waals surface area contributed by atoms with E-state index < -0.39 is 49.5 Å². The van der Waals surface area contributed by atoms with Crippen LogP contribution in [0, 0.1) is 5.82 Å². The van der Waals surface area contributed by atoms with Crippen LogP contribution in [0.4, 0.5) is 8.78 Å². The predicted octanol–water partition coefficient (Wildman–Crippen LogP) is 1.92. The third kappa shape index (κ3) is 2.92. The normalized spacial score (nSPS) is 11.5. The van der Waals surface area contributed by atoms with Gasteiger partial charge in [-0.05, 0) is 12.1 Å². The molecule has 0 bridgehead atoms. The van der Waals surface area contributed by atoms with Crippen LogP contribution in [0.2, 0.25) is 5.02 Å². The van der Waals surface area contributed by atoms with Crippen molar-refractivity contribution in [2.75, 3.05) is 12.4 Å². The van der Waals surface area contributed by atoms with Gasteiger partial charge in [0.05, 0.1) is 21.2 Å². The van der Waals surface area contributed by atoms with E-state index in [9.17, 15) is 22.0 Å². The number of alkyl halides is 1. The Labute approximate surface area is 101 Å². The summed E-state index contributed by atoms with van der Waals surface area (Å²) in [5, 5.41) is 8.01. The van der Waals surface area contributed by atoms with Crippen molar-refractivity contribution in [3.63, 3.8) is 0 Å². The summed E-state index contributed by atoms with van der Waals surface area (Å²) < 4.78 is 48.1. The van der Waals surface area contributed by atoms with Crippen LogP contribution in [0.25, 0.3) is 0 Å². The second-order valence-electron chi connectivity index (χ2n) is 3.08. The molecule has 0 saturated carbocycles. The summed E-state index contributed by atoms with van der Waals surface area (Å²) in [5.41, 5.74) is -0.677. The fourth-order valence-electron chi connectivity index (χ4n) is 1.12. The molecule has 0 radical (unpaired) electrons. The number of rotatable bonds is 4. The van der Waals surface area contributed by atoms with Crippen LogP contribution in [0.3, 0.4) is 0 Å². The lowest BCUT2D eigenvalue weighted by Gasteiger charge is -2.06. The first kappa shape index (κ1) is 13.9. The molecule has 0 heterocycles. The second kappa shape index (κ2) is 4.97. The molecule has 0 saturated heterocycles. The van der Waals surface area contributed by atoms with Crippen LogP contribution < -0.4 is 0 Å². The van der Waals surface area contributed by atoms with Gasteiger partial charge in [-0.2, -0.15) is 0 Å². The molecule has 0 aromatic heterocycles. The first-order chi connectivity index (χ1) is 7.79. The van der Waals surface area contributed by atoms with E-state index >= 15 is 0 Å². The van der Waals surface area contributed by atoms with E-state index in [4.69, 9.17) is 16.7 Å². The van der Waals surface area contributed by atoms with E-state index in [1.165, 1.54) is 0 Å². The molecule has 1 N–H and O–H groups in total. The summed E-state index contributed by atoms with van der Waals surface area (Å²) >= 11 is 5.36. The molecule has 0 fully saturated rings. The Balaban J connectivity index is 3.44. The summed E-state index contributed by atoms with van der Waals surface area (Å²) in [6, 6.07) is 1.28. The minimum absolute atomic E-state index is 0.569. The number of benzene rings is 1. The summed E-state index contributed by atoms with van der Waals surface area (Å²) in [4.78, 5) is 10.1. The maximum atomic E-state index is 13.2. The Hall–Kier alpha value is -1.21. The second-order valence-corrected chi connectivity index (χ2v) is 5.57. The maximum absolute atomic E-state index is 13.2. The van der Waals surface area contributed by atoms with Crippen molar-refractivity contribution in [1.29, 1.82) is 0 Å². The zero-order chi connectivity index (χ0) is 13.2. The van der Waals surface area contributed by atoms with Crippen LogP contribution in [-0.4, -0.2) is 31.9 Å². The molecule has 1 aromatic rings. The summed E-state index contributed by atoms with van der Waals surface area (Å²) in [6.07, 6.45) is 0. The largest absolute Gasteiger partial charge is 0.478 e. The van der Waals surface area contributed by atoms with E-state index in [-0.39, 0.29) is 0 Å². The quantitative estimate of drug-likeness (QED) is 0.917. The molecule has 17 heavy (non-hydrogen) atoms. The van der Waals surface area contributed by atoms with Crippen LogP contribution in [-0.2, 0) is 9.84 Å². The molecule has 8 heteroatoms. The van der Waals surface area contributed by atoms with E-state index in [0.29, 0.717) is 12.1 Å². The monoisotopic (exact) mass is 284 g/mol. The zero-order valence-corrected chi connectivity index (χ0v) is 9.86. The molecule has 0 spiro atoms. The van der Waals surface area contributed by atoms with Crippen molar-refractivity contribution < 1.29 is 27.1 Å². The lowest BCUT2D eigenvalue weighted by Crippen LogP contribution is -2.11. The highest BCUT2D eigenvalue weighted by Crippen LogP contribution is 2.25. The van der Waals surface area contributed by atoms with Gasteiger partial charge >= 0.3 is 5.97 Å². The number of hydrogen-bond donors (Lipinski definition) is 1. The molecule has 4 nitrogen and oxygen atoms in total. The van der Waals surface area contributed by atoms with Gasteiger partial charge in [-0.25, -0.2) is 22.0 Å². The smallest absolute Gasteiger partial charge is 0.337 e. The SMILES string of the molecule is O=C(O)c1cc(S(=O)(=O)CCF)cc(F)c1Cl. The van der Waals surface area contributed by atoms with Gasteiger partial charge in [0, 0.05) is 0 Å². The Morgan fingerprint density at radius 2 is 2.00 bits per heavy atom. The van der Waals surface area contributed by atoms with Gasteiger partial charge in [-0.15, -0.1) is 0 Å². The fraction of sp³-hybridized carbons (Fsp3) is 0.222. The predicted molar refractivity (Wildman–Crippen MR) is 56.4 cm³/mol. The Morgan fingerprint density at radius 1 is 1.41 bits per heavy atom. The lowest BCUT2D eigenvalue weighted by molar-refractivity contribution is 0.0696. The van der Waals surface area contributed by atoms with Crippen molar-refractivity contribution in [2.24, 2.45) is 0 Å². The standard InChI is InChI=1S/C9H7ClF2O4S/c10-8-6(9(13)14)3-5(4-7(8)12)17(15,16)2-1-11/h3-4H,1-2H2,(H,13,14). The first-order valence-corrected chi connectivity index (χ1v) is 6.33. The highest BCUT2D eigenvalue weighted by Gasteiger charge is 2.21. The van der Waals surface area contributed by atoms with Gasteiger partial charge in [-0.3, -0.25) is 0 Å². The number of aromatic carboxylic acids is 1. The van der Waals surface area contributed by atoms with Gasteiger partial charge in [0.2, 0.25) is 0 Å². The van der Waals surface area contributed by atoms with Crippen molar-refractivity contribution in [3.8, 4) is 0 Å². The highest BCUT2D eigenvalue weighted by atomic mass is 35.5. The topological polar surface area (TPSA) is 71.4 Å². The molecule has 0 aliphatic rings. The number of carboxylic acid groups (broad SMARTS) is 1. The van der Waals surface area contributed by atoms with Crippen LogP contribution >= 0.6 is 11.6 Å². The van der Waals surface area contributed by atoms with Crippen LogP contribution in [0.1, 0.15) is 10.4 Å². The van der Waals surface area contributed by atoms with Crippen LogP contribution in [0.15, 0.2) is 17.0 Å². The Bertz CT molecular complexity index is 556. The maximum Gasteiger partial charge on any atom is 0.337 e. The summed E-state index contributed by atoms with van der Waals surface area (Å²) in [6.45, 7) is -1.14. The van der Waals surface area contributed by atoms with Gasteiger partial charge in [0.25, 0.3) is 0 Å². The van der Waals surface area contributed by atoms with Crippen molar-refractivity contribution in [2.45, 2.75) is 4.90 Å². The van der Waals surface area contributed by atoms with Gasteiger partial charge in [-0.1, -0.05) is 11.6 Å². The fourth-order valence-corrected chi connectivity index (χ4v) is 2.33. The lowest BCUT2D eigenvalue weighted by atomic mass is 10.2. The number of halogens is 3. The number of carbonyl (C=O) groups is 1. The van der Waals surface area contributed by atoms with Crippen molar-refractivity contribution in [3.05, 3.63) is 28.5 Å². The minimum Gasteiger partial charge on any atom is -0.478 e. The van der Waals surface area contributed by atoms with E-state index in [1.54, 1.807) is 0 Å². The van der Waals surface area contributed by atoms with Crippen LogP contribution in [0.5, 0.6) is 0 Å². The Kier molecular flexibility index (Phi) is 4.05. The average molecular weight is 285 g/mol.